The molecular formula is C25H30FN5O4. The number of rotatable bonds is 9. The van der Waals surface area contributed by atoms with Gasteiger partial charge in [0.05, 0.1) is 25.3 Å². The zero-order valence-electron chi connectivity index (χ0n) is 20.0. The highest BCUT2D eigenvalue weighted by Gasteiger charge is 2.39. The molecule has 1 atom stereocenters. The lowest BCUT2D eigenvalue weighted by atomic mass is 10.0. The normalized spacial score (nSPS) is 19.8. The maximum Gasteiger partial charge on any atom is 0.255 e. The molecule has 35 heavy (non-hydrogen) atoms. The molecule has 186 valence electrons. The van der Waals surface area contributed by atoms with Gasteiger partial charge in [0.1, 0.15) is 24.4 Å². The number of halogens is 1. The van der Waals surface area contributed by atoms with E-state index in [-0.39, 0.29) is 12.5 Å². The zero-order chi connectivity index (χ0) is 24.8. The number of methoxy groups -OCH3 is 1. The smallest absolute Gasteiger partial charge is 0.255 e. The molecule has 1 N–H and O–H groups in total. The molecule has 1 amide bonds. The fourth-order valence-corrected chi connectivity index (χ4v) is 4.17. The van der Waals surface area contributed by atoms with Gasteiger partial charge in [-0.25, -0.2) is 14.4 Å². The number of nitrogens with one attached hydrogen (secondary N) is 1. The summed E-state index contributed by atoms with van der Waals surface area (Å²) in [6.45, 7) is 3.72. The Morgan fingerprint density at radius 2 is 2.20 bits per heavy atom. The molecule has 1 unspecified atom stereocenters. The van der Waals surface area contributed by atoms with Crippen LogP contribution in [-0.2, 0) is 9.53 Å². The summed E-state index contributed by atoms with van der Waals surface area (Å²) in [5, 5.41) is 3.06. The standard InChI is InChI=1S/C25H30FN5O4/c1-3-25(26)6-8-30(17-25)24(33)19-12-21-23(29-15-19)31(9-11-35-21)20-4-7-27-22(13-20)28-14-18(16-32)5-10-34-2/h4,7,12-16H,3,5-6,8-11,17H2,1-2H3,(H,27,28)/b18-14+. The summed E-state index contributed by atoms with van der Waals surface area (Å²) < 4.78 is 25.4. The maximum absolute atomic E-state index is 14.6. The Bertz CT molecular complexity index is 1110. The molecule has 0 aliphatic carbocycles. The topological polar surface area (TPSA) is 96.9 Å². The Hall–Kier alpha value is -3.53. The summed E-state index contributed by atoms with van der Waals surface area (Å²) in [7, 11) is 1.58. The van der Waals surface area contributed by atoms with Crippen LogP contribution in [0.1, 0.15) is 36.5 Å². The molecule has 0 radical (unpaired) electrons. The van der Waals surface area contributed by atoms with Gasteiger partial charge in [-0.1, -0.05) is 6.92 Å². The van der Waals surface area contributed by atoms with Crippen molar-refractivity contribution in [3.63, 3.8) is 0 Å². The minimum absolute atomic E-state index is 0.102. The highest BCUT2D eigenvalue weighted by molar-refractivity contribution is 5.95. The molecule has 0 saturated carbocycles. The predicted octanol–water partition coefficient (Wildman–Crippen LogP) is 3.50. The van der Waals surface area contributed by atoms with Gasteiger partial charge in [-0.3, -0.25) is 9.59 Å². The molecular weight excluding hydrogens is 453 g/mol. The van der Waals surface area contributed by atoms with Gasteiger partial charge in [0.15, 0.2) is 11.6 Å². The summed E-state index contributed by atoms with van der Waals surface area (Å²) in [6.07, 6.45) is 6.82. The molecule has 9 nitrogen and oxygen atoms in total. The van der Waals surface area contributed by atoms with Gasteiger partial charge in [0.2, 0.25) is 0 Å². The van der Waals surface area contributed by atoms with Crippen LogP contribution in [0.25, 0.3) is 0 Å². The van der Waals surface area contributed by atoms with Crippen LogP contribution < -0.4 is 15.0 Å². The van der Waals surface area contributed by atoms with Gasteiger partial charge in [-0.15, -0.1) is 0 Å². The van der Waals surface area contributed by atoms with Crippen molar-refractivity contribution in [3.8, 4) is 5.75 Å². The van der Waals surface area contributed by atoms with E-state index < -0.39 is 5.67 Å². The number of hydrogen-bond donors (Lipinski definition) is 1. The Kier molecular flexibility index (Phi) is 7.60. The van der Waals surface area contributed by atoms with Crippen molar-refractivity contribution in [2.24, 2.45) is 0 Å². The minimum atomic E-state index is -1.32. The minimum Gasteiger partial charge on any atom is -0.488 e. The van der Waals surface area contributed by atoms with Crippen molar-refractivity contribution in [2.75, 3.05) is 50.2 Å². The van der Waals surface area contributed by atoms with Crippen LogP contribution >= 0.6 is 0 Å². The average Bonchev–Trinajstić information content (AvgIpc) is 3.30. The molecule has 2 aliphatic heterocycles. The number of anilines is 3. The van der Waals surface area contributed by atoms with E-state index >= 15 is 0 Å². The van der Waals surface area contributed by atoms with Gasteiger partial charge in [0, 0.05) is 62.4 Å². The van der Waals surface area contributed by atoms with E-state index in [4.69, 9.17) is 9.47 Å². The number of likely N-dealkylation sites (tertiary alicyclic amines) is 1. The number of alkyl halides is 1. The fraction of sp³-hybridized carbons (Fsp3) is 0.440. The van der Waals surface area contributed by atoms with Crippen LogP contribution in [0, 0.1) is 0 Å². The first-order chi connectivity index (χ1) is 17.0. The van der Waals surface area contributed by atoms with Crippen LogP contribution in [0.15, 0.2) is 42.4 Å². The first kappa shape index (κ1) is 24.6. The van der Waals surface area contributed by atoms with E-state index in [2.05, 4.69) is 15.3 Å². The first-order valence-corrected chi connectivity index (χ1v) is 11.7. The monoisotopic (exact) mass is 483 g/mol. The van der Waals surface area contributed by atoms with Crippen LogP contribution in [0.3, 0.4) is 0 Å². The summed E-state index contributed by atoms with van der Waals surface area (Å²) in [4.78, 5) is 36.5. The number of aromatic nitrogens is 2. The fourth-order valence-electron chi connectivity index (χ4n) is 4.17. The highest BCUT2D eigenvalue weighted by Crippen LogP contribution is 2.36. The third-order valence-corrected chi connectivity index (χ3v) is 6.34. The summed E-state index contributed by atoms with van der Waals surface area (Å²) >= 11 is 0. The number of carbonyl (C=O) groups excluding carboxylic acids is 2. The predicted molar refractivity (Wildman–Crippen MR) is 130 cm³/mol. The van der Waals surface area contributed by atoms with Gasteiger partial charge in [-0.05, 0) is 18.6 Å². The quantitative estimate of drug-likeness (QED) is 0.428. The van der Waals surface area contributed by atoms with Gasteiger partial charge in [-0.2, -0.15) is 0 Å². The Balaban J connectivity index is 1.51. The van der Waals surface area contributed by atoms with Crippen LogP contribution in [-0.4, -0.2) is 72.7 Å². The summed E-state index contributed by atoms with van der Waals surface area (Å²) in [5.41, 5.74) is 0.465. The molecule has 4 rings (SSSR count). The molecule has 0 spiro atoms. The van der Waals surface area contributed by atoms with Crippen molar-refractivity contribution in [3.05, 3.63) is 47.9 Å². The lowest BCUT2D eigenvalue weighted by Crippen LogP contribution is -2.34. The molecule has 1 fully saturated rings. The molecule has 4 heterocycles. The van der Waals surface area contributed by atoms with E-state index in [1.54, 1.807) is 37.4 Å². The third-order valence-electron chi connectivity index (χ3n) is 6.34. The second-order valence-corrected chi connectivity index (χ2v) is 8.65. The molecule has 2 aliphatic rings. The van der Waals surface area contributed by atoms with Gasteiger partial charge < -0.3 is 24.6 Å². The van der Waals surface area contributed by atoms with E-state index in [1.807, 2.05) is 17.0 Å². The Labute approximate surface area is 203 Å². The molecule has 10 heteroatoms. The van der Waals surface area contributed by atoms with Gasteiger partial charge >= 0.3 is 0 Å². The first-order valence-electron chi connectivity index (χ1n) is 11.7. The second-order valence-electron chi connectivity index (χ2n) is 8.65. The number of fused-ring (bicyclic) bond motifs is 1. The number of hydrogen-bond acceptors (Lipinski definition) is 8. The molecule has 0 aromatic carbocycles. The molecule has 1 saturated heterocycles. The summed E-state index contributed by atoms with van der Waals surface area (Å²) in [5.74, 6) is 1.41. The number of aldehydes is 1. The molecule has 2 aromatic heterocycles. The SMILES string of the molecule is CCC1(F)CCN(C(=O)c2cnc3c(c2)OCCN3c2ccnc(N/C=C(/C=O)CCOC)c2)C1. The van der Waals surface area contributed by atoms with E-state index in [0.29, 0.717) is 74.1 Å². The number of nitrogens with zero attached hydrogens (tertiary/aromatic N) is 4. The van der Waals surface area contributed by atoms with Crippen molar-refractivity contribution < 1.29 is 23.5 Å². The number of carbonyl (C=O) groups is 2. The van der Waals surface area contributed by atoms with Crippen molar-refractivity contribution >= 4 is 29.5 Å². The lowest BCUT2D eigenvalue weighted by molar-refractivity contribution is -0.105. The van der Waals surface area contributed by atoms with E-state index in [9.17, 15) is 14.0 Å². The van der Waals surface area contributed by atoms with E-state index in [0.717, 1.165) is 12.0 Å². The van der Waals surface area contributed by atoms with Crippen LogP contribution in [0.2, 0.25) is 0 Å². The highest BCUT2D eigenvalue weighted by atomic mass is 19.1. The number of pyridine rings is 2. The Morgan fingerprint density at radius 1 is 1.34 bits per heavy atom. The van der Waals surface area contributed by atoms with Crippen molar-refractivity contribution in [1.82, 2.24) is 14.9 Å². The zero-order valence-corrected chi connectivity index (χ0v) is 20.0. The number of amides is 1. The third kappa shape index (κ3) is 5.59. The van der Waals surface area contributed by atoms with Crippen molar-refractivity contribution in [2.45, 2.75) is 31.9 Å². The van der Waals surface area contributed by atoms with Crippen molar-refractivity contribution in [1.29, 1.82) is 0 Å². The lowest BCUT2D eigenvalue weighted by Gasteiger charge is -2.30. The van der Waals surface area contributed by atoms with Gasteiger partial charge in [0.25, 0.3) is 5.91 Å². The van der Waals surface area contributed by atoms with Crippen LogP contribution in [0.5, 0.6) is 5.75 Å². The average molecular weight is 484 g/mol. The van der Waals surface area contributed by atoms with Crippen LogP contribution in [0.4, 0.5) is 21.7 Å². The largest absolute Gasteiger partial charge is 0.488 e. The second kappa shape index (κ2) is 10.8. The molecule has 0 bridgehead atoms. The molecule has 2 aromatic rings. The van der Waals surface area contributed by atoms with E-state index in [1.165, 1.54) is 6.20 Å². The summed E-state index contributed by atoms with van der Waals surface area (Å²) in [6, 6.07) is 5.38. The number of ether oxygens (including phenoxy) is 2. The Morgan fingerprint density at radius 3 is 2.94 bits per heavy atom. The maximum atomic E-state index is 14.6.